The van der Waals surface area contributed by atoms with Gasteiger partial charge in [0.2, 0.25) is 5.88 Å². The molecule has 1 N–H and O–H groups in total. The molecule has 2 rings (SSSR count). The van der Waals surface area contributed by atoms with Crippen LogP contribution in [0, 0.1) is 17.0 Å². The smallest absolute Gasteiger partial charge is 0.269 e. The van der Waals surface area contributed by atoms with Crippen LogP contribution in [0.4, 0.5) is 5.69 Å². The van der Waals surface area contributed by atoms with Crippen molar-refractivity contribution in [2.75, 3.05) is 6.54 Å². The van der Waals surface area contributed by atoms with Crippen molar-refractivity contribution in [1.29, 1.82) is 0 Å². The van der Waals surface area contributed by atoms with Crippen LogP contribution in [0.3, 0.4) is 0 Å². The summed E-state index contributed by atoms with van der Waals surface area (Å²) in [5.74, 6) is 1.18. The molecule has 7 nitrogen and oxygen atoms in total. The van der Waals surface area contributed by atoms with Gasteiger partial charge >= 0.3 is 0 Å². The Labute approximate surface area is 122 Å². The third-order valence-electron chi connectivity index (χ3n) is 3.10. The molecule has 0 spiro atoms. The van der Waals surface area contributed by atoms with Crippen LogP contribution in [0.25, 0.3) is 0 Å². The summed E-state index contributed by atoms with van der Waals surface area (Å²) in [6.07, 6.45) is 0. The summed E-state index contributed by atoms with van der Waals surface area (Å²) in [5.41, 5.74) is 1.92. The topological polar surface area (TPSA) is 82.2 Å². The molecule has 1 aromatic heterocycles. The predicted octanol–water partition coefficient (Wildman–Crippen LogP) is 2.54. The van der Waals surface area contributed by atoms with E-state index in [9.17, 15) is 10.1 Å². The van der Waals surface area contributed by atoms with Gasteiger partial charge in [-0.3, -0.25) is 10.1 Å². The number of ether oxygens (including phenoxy) is 1. The maximum Gasteiger partial charge on any atom is 0.269 e. The van der Waals surface area contributed by atoms with Gasteiger partial charge in [0.05, 0.1) is 16.2 Å². The molecular weight excluding hydrogens is 272 g/mol. The van der Waals surface area contributed by atoms with Crippen LogP contribution >= 0.6 is 0 Å². The van der Waals surface area contributed by atoms with Gasteiger partial charge in [-0.05, 0) is 25.6 Å². The SMILES string of the molecule is CCNCc1c(C)nn(C)c1Oc1ccc([N+](=O)[O-])cc1. The number of nitrogens with one attached hydrogen (secondary N) is 1. The quantitative estimate of drug-likeness (QED) is 0.653. The average molecular weight is 290 g/mol. The van der Waals surface area contributed by atoms with Crippen LogP contribution in [0.15, 0.2) is 24.3 Å². The minimum Gasteiger partial charge on any atom is -0.439 e. The van der Waals surface area contributed by atoms with Gasteiger partial charge < -0.3 is 10.1 Å². The third-order valence-corrected chi connectivity index (χ3v) is 3.10. The fraction of sp³-hybridized carbons (Fsp3) is 0.357. The summed E-state index contributed by atoms with van der Waals surface area (Å²) in [6, 6.07) is 6.00. The van der Waals surface area contributed by atoms with Gasteiger partial charge in [-0.25, -0.2) is 4.68 Å². The summed E-state index contributed by atoms with van der Waals surface area (Å²) >= 11 is 0. The lowest BCUT2D eigenvalue weighted by atomic mass is 10.2. The molecule has 0 saturated carbocycles. The van der Waals surface area contributed by atoms with Crippen LogP contribution in [0.5, 0.6) is 11.6 Å². The highest BCUT2D eigenvalue weighted by Gasteiger charge is 2.15. The van der Waals surface area contributed by atoms with E-state index in [2.05, 4.69) is 10.4 Å². The zero-order chi connectivity index (χ0) is 15.4. The van der Waals surface area contributed by atoms with Gasteiger partial charge in [-0.1, -0.05) is 6.92 Å². The molecule has 0 amide bonds. The highest BCUT2D eigenvalue weighted by Crippen LogP contribution is 2.28. The van der Waals surface area contributed by atoms with Crippen molar-refractivity contribution in [3.05, 3.63) is 45.6 Å². The van der Waals surface area contributed by atoms with Crippen LogP contribution < -0.4 is 10.1 Å². The molecule has 0 fully saturated rings. The van der Waals surface area contributed by atoms with E-state index in [0.29, 0.717) is 18.2 Å². The summed E-state index contributed by atoms with van der Waals surface area (Å²) in [6.45, 7) is 5.47. The van der Waals surface area contributed by atoms with E-state index in [1.54, 1.807) is 16.8 Å². The molecule has 0 bridgehead atoms. The van der Waals surface area contributed by atoms with Gasteiger partial charge in [-0.2, -0.15) is 5.10 Å². The van der Waals surface area contributed by atoms with E-state index in [1.165, 1.54) is 12.1 Å². The maximum absolute atomic E-state index is 10.6. The zero-order valence-corrected chi connectivity index (χ0v) is 12.3. The van der Waals surface area contributed by atoms with Gasteiger partial charge in [0.15, 0.2) is 0 Å². The van der Waals surface area contributed by atoms with Crippen LogP contribution in [-0.2, 0) is 13.6 Å². The molecule has 0 radical (unpaired) electrons. The van der Waals surface area contributed by atoms with Gasteiger partial charge in [-0.15, -0.1) is 0 Å². The number of hydrogen-bond acceptors (Lipinski definition) is 5. The highest BCUT2D eigenvalue weighted by molar-refractivity contribution is 5.40. The Kier molecular flexibility index (Phi) is 4.54. The molecule has 0 atom stereocenters. The number of nitro groups is 1. The molecule has 7 heteroatoms. The Bertz CT molecular complexity index is 634. The predicted molar refractivity (Wildman–Crippen MR) is 78.5 cm³/mol. The van der Waals surface area contributed by atoms with Crippen LogP contribution in [-0.4, -0.2) is 21.2 Å². The Hall–Kier alpha value is -2.41. The second-order valence-corrected chi connectivity index (χ2v) is 4.63. The van der Waals surface area contributed by atoms with Gasteiger partial charge in [0.1, 0.15) is 5.75 Å². The van der Waals surface area contributed by atoms with Crippen LogP contribution in [0.2, 0.25) is 0 Å². The second kappa shape index (κ2) is 6.36. The Morgan fingerprint density at radius 1 is 1.38 bits per heavy atom. The van der Waals surface area contributed by atoms with E-state index in [0.717, 1.165) is 17.8 Å². The maximum atomic E-state index is 10.6. The molecule has 0 aliphatic rings. The van der Waals surface area contributed by atoms with Crippen molar-refractivity contribution in [2.45, 2.75) is 20.4 Å². The van der Waals surface area contributed by atoms with Crippen molar-refractivity contribution in [3.63, 3.8) is 0 Å². The number of aryl methyl sites for hydroxylation is 2. The monoisotopic (exact) mass is 290 g/mol. The molecule has 1 aromatic carbocycles. The normalized spacial score (nSPS) is 10.6. The number of non-ortho nitro benzene ring substituents is 1. The molecule has 0 unspecified atom stereocenters. The Morgan fingerprint density at radius 2 is 2.05 bits per heavy atom. The van der Waals surface area contributed by atoms with Crippen molar-refractivity contribution >= 4 is 5.69 Å². The molecule has 0 aliphatic carbocycles. The summed E-state index contributed by atoms with van der Waals surface area (Å²) in [7, 11) is 1.81. The largest absolute Gasteiger partial charge is 0.439 e. The first-order valence-electron chi connectivity index (χ1n) is 6.68. The fourth-order valence-corrected chi connectivity index (χ4v) is 2.01. The number of rotatable bonds is 6. The molecule has 2 aromatic rings. The Morgan fingerprint density at radius 3 is 2.62 bits per heavy atom. The summed E-state index contributed by atoms with van der Waals surface area (Å²) < 4.78 is 7.50. The van der Waals surface area contributed by atoms with E-state index in [-0.39, 0.29) is 5.69 Å². The Balaban J connectivity index is 2.24. The van der Waals surface area contributed by atoms with Crippen molar-refractivity contribution < 1.29 is 9.66 Å². The molecule has 21 heavy (non-hydrogen) atoms. The number of hydrogen-bond donors (Lipinski definition) is 1. The number of nitro benzene ring substituents is 1. The number of aromatic nitrogens is 2. The fourth-order valence-electron chi connectivity index (χ4n) is 2.01. The minimum absolute atomic E-state index is 0.0383. The van der Waals surface area contributed by atoms with E-state index < -0.39 is 4.92 Å². The molecule has 112 valence electrons. The highest BCUT2D eigenvalue weighted by atomic mass is 16.6. The number of nitrogens with zero attached hydrogens (tertiary/aromatic N) is 3. The lowest BCUT2D eigenvalue weighted by Crippen LogP contribution is -2.12. The summed E-state index contributed by atoms with van der Waals surface area (Å²) in [4.78, 5) is 10.2. The lowest BCUT2D eigenvalue weighted by molar-refractivity contribution is -0.384. The van der Waals surface area contributed by atoms with Crippen LogP contribution in [0.1, 0.15) is 18.2 Å². The molecule has 1 heterocycles. The summed E-state index contributed by atoms with van der Waals surface area (Å²) in [5, 5.41) is 18.2. The molecule has 0 saturated heterocycles. The lowest BCUT2D eigenvalue weighted by Gasteiger charge is -2.09. The van der Waals surface area contributed by atoms with Gasteiger partial charge in [0.25, 0.3) is 5.69 Å². The van der Waals surface area contributed by atoms with Crippen molar-refractivity contribution in [3.8, 4) is 11.6 Å². The first-order valence-corrected chi connectivity index (χ1v) is 6.68. The van der Waals surface area contributed by atoms with E-state index in [1.807, 2.05) is 20.9 Å². The zero-order valence-electron chi connectivity index (χ0n) is 12.3. The number of benzene rings is 1. The van der Waals surface area contributed by atoms with Crippen molar-refractivity contribution in [2.24, 2.45) is 7.05 Å². The second-order valence-electron chi connectivity index (χ2n) is 4.63. The van der Waals surface area contributed by atoms with E-state index >= 15 is 0 Å². The standard InChI is InChI=1S/C14H18N4O3/c1-4-15-9-13-10(2)16-17(3)14(13)21-12-7-5-11(6-8-12)18(19)20/h5-8,15H,4,9H2,1-3H3. The molecule has 0 aliphatic heterocycles. The first kappa shape index (κ1) is 15.0. The van der Waals surface area contributed by atoms with Gasteiger partial charge in [0, 0.05) is 25.7 Å². The minimum atomic E-state index is -0.436. The molecular formula is C14H18N4O3. The van der Waals surface area contributed by atoms with Crippen molar-refractivity contribution in [1.82, 2.24) is 15.1 Å². The third kappa shape index (κ3) is 3.38. The average Bonchev–Trinajstić information content (AvgIpc) is 2.71. The first-order chi connectivity index (χ1) is 10.0. The van der Waals surface area contributed by atoms with E-state index in [4.69, 9.17) is 4.74 Å².